The Morgan fingerprint density at radius 3 is 2.43 bits per heavy atom. The van der Waals surface area contributed by atoms with Gasteiger partial charge in [0.2, 0.25) is 0 Å². The van der Waals surface area contributed by atoms with Gasteiger partial charge in [0.05, 0.1) is 19.8 Å². The number of ether oxygens (including phenoxy) is 3. The van der Waals surface area contributed by atoms with E-state index in [-0.39, 0.29) is 0 Å². The second kappa shape index (κ2) is 11.3. The predicted octanol–water partition coefficient (Wildman–Crippen LogP) is 7.69. The van der Waals surface area contributed by atoms with E-state index < -0.39 is 0 Å². The lowest BCUT2D eigenvalue weighted by Gasteiger charge is -2.55. The Labute approximate surface area is 248 Å². The Morgan fingerprint density at radius 1 is 0.857 bits per heavy atom. The molecule has 2 fully saturated rings. The zero-order chi connectivity index (χ0) is 28.5. The lowest BCUT2D eigenvalue weighted by Crippen LogP contribution is -2.65. The average molecular weight is 557 g/mol. The maximum Gasteiger partial charge on any atom is 0.187 e. The Balaban J connectivity index is 1.17. The third-order valence-corrected chi connectivity index (χ3v) is 9.10. The number of hydrogen-bond donors (Lipinski definition) is 0. The van der Waals surface area contributed by atoms with E-state index in [0.717, 1.165) is 69.2 Å². The van der Waals surface area contributed by atoms with E-state index in [0.29, 0.717) is 24.3 Å². The second-order valence-corrected chi connectivity index (χ2v) is 12.1. The summed E-state index contributed by atoms with van der Waals surface area (Å²) in [5, 5.41) is 0. The third kappa shape index (κ3) is 5.17. The molecular weight excluding hydrogens is 520 g/mol. The van der Waals surface area contributed by atoms with E-state index >= 15 is 0 Å². The topological polar surface area (TPSA) is 35.3 Å². The summed E-state index contributed by atoms with van der Waals surface area (Å²) in [5.74, 6) is 1.84. The van der Waals surface area contributed by atoms with E-state index in [1.807, 2.05) is 24.3 Å². The molecule has 0 bridgehead atoms. The van der Waals surface area contributed by atoms with Crippen molar-refractivity contribution < 1.29 is 14.2 Å². The fourth-order valence-electron chi connectivity index (χ4n) is 6.84. The normalized spacial score (nSPS) is 16.8. The van der Waals surface area contributed by atoms with Crippen molar-refractivity contribution >= 4 is 5.69 Å². The first kappa shape index (κ1) is 26.8. The molecule has 1 spiro atoms. The Bertz CT molecular complexity index is 1640. The summed E-state index contributed by atoms with van der Waals surface area (Å²) < 4.78 is 18.7. The molecule has 2 heterocycles. The zero-order valence-corrected chi connectivity index (χ0v) is 24.2. The van der Waals surface area contributed by atoms with Gasteiger partial charge in [0.25, 0.3) is 0 Å². The van der Waals surface area contributed by atoms with Crippen LogP contribution in [0.15, 0.2) is 78.9 Å². The molecular formula is C37H36N2O3. The Kier molecular flexibility index (Phi) is 7.19. The minimum Gasteiger partial charge on any atom is -0.488 e. The molecule has 0 N–H and O–H groups in total. The van der Waals surface area contributed by atoms with Crippen LogP contribution in [0.3, 0.4) is 0 Å². The highest BCUT2D eigenvalue weighted by Gasteiger charge is 2.49. The molecule has 42 heavy (non-hydrogen) atoms. The summed E-state index contributed by atoms with van der Waals surface area (Å²) in [4.78, 5) is 6.12. The molecule has 212 valence electrons. The molecule has 7 rings (SSSR count). The van der Waals surface area contributed by atoms with Crippen LogP contribution in [-0.2, 0) is 37.3 Å². The number of likely N-dealkylation sites (tertiary alicyclic amines) is 1. The molecule has 3 aliphatic rings. The maximum absolute atomic E-state index is 7.39. The number of hydrogen-bond acceptors (Lipinski definition) is 4. The van der Waals surface area contributed by atoms with Crippen LogP contribution in [0.25, 0.3) is 16.0 Å². The van der Waals surface area contributed by atoms with E-state index in [9.17, 15) is 0 Å². The largest absolute Gasteiger partial charge is 0.488 e. The first-order chi connectivity index (χ1) is 20.6. The zero-order valence-electron chi connectivity index (χ0n) is 24.2. The van der Waals surface area contributed by atoms with E-state index in [1.54, 1.807) is 0 Å². The van der Waals surface area contributed by atoms with Crippen LogP contribution in [0, 0.1) is 18.9 Å². The van der Waals surface area contributed by atoms with Crippen LogP contribution in [0.1, 0.15) is 39.8 Å². The lowest BCUT2D eigenvalue weighted by molar-refractivity contribution is -0.191. The van der Waals surface area contributed by atoms with E-state index in [2.05, 4.69) is 71.3 Å². The molecule has 0 atom stereocenters. The lowest BCUT2D eigenvalue weighted by atomic mass is 9.77. The third-order valence-electron chi connectivity index (χ3n) is 9.10. The highest BCUT2D eigenvalue weighted by atomic mass is 16.5. The summed E-state index contributed by atoms with van der Waals surface area (Å²) in [5.41, 5.74) is 11.0. The highest BCUT2D eigenvalue weighted by Crippen LogP contribution is 2.44. The summed E-state index contributed by atoms with van der Waals surface area (Å²) in [7, 11) is 0. The smallest absolute Gasteiger partial charge is 0.187 e. The predicted molar refractivity (Wildman–Crippen MR) is 165 cm³/mol. The molecule has 1 aliphatic carbocycles. The van der Waals surface area contributed by atoms with Gasteiger partial charge in [0.1, 0.15) is 24.7 Å². The fraction of sp³-hybridized carbons (Fsp3) is 0.324. The van der Waals surface area contributed by atoms with Crippen molar-refractivity contribution in [1.82, 2.24) is 4.90 Å². The van der Waals surface area contributed by atoms with Crippen molar-refractivity contribution in [3.8, 4) is 22.6 Å². The van der Waals surface area contributed by atoms with Gasteiger partial charge in [-0.1, -0.05) is 66.7 Å². The van der Waals surface area contributed by atoms with Gasteiger partial charge in [-0.05, 0) is 71.2 Å². The molecule has 5 nitrogen and oxygen atoms in total. The van der Waals surface area contributed by atoms with Gasteiger partial charge in [0.15, 0.2) is 5.69 Å². The van der Waals surface area contributed by atoms with Crippen LogP contribution < -0.4 is 9.47 Å². The number of fused-ring (bicyclic) bond motifs is 1. The maximum atomic E-state index is 7.39. The van der Waals surface area contributed by atoms with E-state index in [4.69, 9.17) is 20.8 Å². The Morgan fingerprint density at radius 2 is 1.64 bits per heavy atom. The van der Waals surface area contributed by atoms with E-state index in [1.165, 1.54) is 38.9 Å². The summed E-state index contributed by atoms with van der Waals surface area (Å²) in [6.07, 6.45) is 3.22. The standard InChI is InChI=1S/C37H36N2O3/c1-26-29(12-7-14-31(26)28-10-4-3-5-11-28)21-42-35-18-36(41-20-27-9-6-13-30(17-27)38-2)34(32-15-8-16-33(32)35)19-39-22-37(23-39)24-40-25-37/h3-7,9-14,17-18H,8,15-16,19-25H2,1H3. The second-order valence-electron chi connectivity index (χ2n) is 12.1. The van der Waals surface area contributed by atoms with Gasteiger partial charge in [-0.3, -0.25) is 4.90 Å². The van der Waals surface area contributed by atoms with Gasteiger partial charge in [-0.15, -0.1) is 0 Å². The number of benzene rings is 4. The van der Waals surface area contributed by atoms with Crippen molar-refractivity contribution in [2.24, 2.45) is 5.41 Å². The summed E-state index contributed by atoms with van der Waals surface area (Å²) in [6.45, 7) is 15.4. The Hall–Kier alpha value is -4.11. The SMILES string of the molecule is [C-]#[N+]c1cccc(COc2cc(OCc3cccc(-c4ccccc4)c3C)c3c(c2CN2CC4(COC4)C2)CCC3)c1. The molecule has 4 aromatic carbocycles. The fourth-order valence-corrected chi connectivity index (χ4v) is 6.84. The van der Waals surface area contributed by atoms with Gasteiger partial charge >= 0.3 is 0 Å². The minimum absolute atomic E-state index is 0.375. The molecule has 0 amide bonds. The quantitative estimate of drug-likeness (QED) is 0.198. The van der Waals surface area contributed by atoms with Gasteiger partial charge in [-0.2, -0.15) is 0 Å². The molecule has 5 heteroatoms. The van der Waals surface area contributed by atoms with Crippen LogP contribution >= 0.6 is 0 Å². The van der Waals surface area contributed by atoms with Crippen LogP contribution in [0.5, 0.6) is 11.5 Å². The summed E-state index contributed by atoms with van der Waals surface area (Å²) >= 11 is 0. The molecule has 2 saturated heterocycles. The summed E-state index contributed by atoms with van der Waals surface area (Å²) in [6, 6.07) is 26.9. The average Bonchev–Trinajstić information content (AvgIpc) is 3.48. The van der Waals surface area contributed by atoms with Crippen molar-refractivity contribution in [3.63, 3.8) is 0 Å². The van der Waals surface area contributed by atoms with Crippen LogP contribution in [0.4, 0.5) is 5.69 Å². The van der Waals surface area contributed by atoms with Crippen LogP contribution in [0.2, 0.25) is 0 Å². The molecule has 0 aromatic heterocycles. The van der Waals surface area contributed by atoms with Crippen molar-refractivity contribution in [3.05, 3.63) is 124 Å². The van der Waals surface area contributed by atoms with Gasteiger partial charge < -0.3 is 14.2 Å². The van der Waals surface area contributed by atoms with Gasteiger partial charge in [0, 0.05) is 36.7 Å². The molecule has 4 aromatic rings. The highest BCUT2D eigenvalue weighted by molar-refractivity contribution is 5.68. The molecule has 0 unspecified atom stereocenters. The van der Waals surface area contributed by atoms with Crippen molar-refractivity contribution in [1.29, 1.82) is 0 Å². The van der Waals surface area contributed by atoms with Crippen molar-refractivity contribution in [2.75, 3.05) is 26.3 Å². The minimum atomic E-state index is 0.375. The monoisotopic (exact) mass is 556 g/mol. The first-order valence-corrected chi connectivity index (χ1v) is 14.9. The molecule has 0 radical (unpaired) electrons. The molecule has 0 saturated carbocycles. The first-order valence-electron chi connectivity index (χ1n) is 14.9. The number of rotatable bonds is 9. The van der Waals surface area contributed by atoms with Gasteiger partial charge in [-0.25, -0.2) is 4.85 Å². The molecule has 2 aliphatic heterocycles. The number of nitrogens with zero attached hydrogens (tertiary/aromatic N) is 2. The van der Waals surface area contributed by atoms with Crippen molar-refractivity contribution in [2.45, 2.75) is 45.9 Å². The van der Waals surface area contributed by atoms with Crippen LogP contribution in [-0.4, -0.2) is 31.2 Å².